The molecule has 1 aliphatic carbocycles. The number of ether oxygens (including phenoxy) is 2. The minimum atomic E-state index is 0.522. The van der Waals surface area contributed by atoms with Crippen LogP contribution in [0.25, 0.3) is 11.2 Å². The van der Waals surface area contributed by atoms with E-state index in [-0.39, 0.29) is 0 Å². The number of rotatable bonds is 5. The van der Waals surface area contributed by atoms with Gasteiger partial charge in [0, 0.05) is 12.1 Å². The molecule has 7 heteroatoms. The summed E-state index contributed by atoms with van der Waals surface area (Å²) in [4.78, 5) is 13.2. The molecule has 0 amide bonds. The van der Waals surface area contributed by atoms with Gasteiger partial charge in [-0.1, -0.05) is 0 Å². The molecule has 0 unspecified atom stereocenters. The molecular formula is C16H17N5O2. The van der Waals surface area contributed by atoms with E-state index in [9.17, 15) is 0 Å². The molecule has 0 saturated heterocycles. The number of benzene rings is 1. The second-order valence-electron chi connectivity index (χ2n) is 5.47. The number of fused-ring (bicyclic) bond motifs is 1. The van der Waals surface area contributed by atoms with Gasteiger partial charge >= 0.3 is 0 Å². The van der Waals surface area contributed by atoms with Gasteiger partial charge in [0.05, 0.1) is 26.2 Å². The number of hydrogen-bond acceptors (Lipinski definition) is 6. The van der Waals surface area contributed by atoms with Crippen molar-refractivity contribution in [1.29, 1.82) is 0 Å². The summed E-state index contributed by atoms with van der Waals surface area (Å²) in [6.07, 6.45) is 5.76. The van der Waals surface area contributed by atoms with E-state index in [1.807, 2.05) is 24.5 Å². The average molecular weight is 311 g/mol. The largest absolute Gasteiger partial charge is 0.497 e. The van der Waals surface area contributed by atoms with E-state index in [0.717, 1.165) is 22.6 Å². The van der Waals surface area contributed by atoms with Gasteiger partial charge in [0.2, 0.25) is 0 Å². The third kappa shape index (κ3) is 2.44. The summed E-state index contributed by atoms with van der Waals surface area (Å²) < 4.78 is 12.8. The van der Waals surface area contributed by atoms with Gasteiger partial charge < -0.3 is 19.4 Å². The molecule has 3 aromatic rings. The predicted octanol–water partition coefficient (Wildman–Crippen LogP) is 2.92. The fourth-order valence-corrected chi connectivity index (χ4v) is 2.60. The first-order chi connectivity index (χ1) is 11.3. The minimum Gasteiger partial charge on any atom is -0.497 e. The maximum atomic E-state index is 5.40. The quantitative estimate of drug-likeness (QED) is 0.781. The third-order valence-corrected chi connectivity index (χ3v) is 3.96. The Hall–Kier alpha value is -2.83. The number of aromatic nitrogens is 4. The molecule has 23 heavy (non-hydrogen) atoms. The summed E-state index contributed by atoms with van der Waals surface area (Å²) in [5, 5.41) is 3.28. The van der Waals surface area contributed by atoms with Gasteiger partial charge in [0.15, 0.2) is 17.0 Å². The number of anilines is 2. The van der Waals surface area contributed by atoms with Gasteiger partial charge in [-0.25, -0.2) is 15.0 Å². The number of nitrogens with one attached hydrogen (secondary N) is 1. The molecule has 118 valence electrons. The monoisotopic (exact) mass is 311 g/mol. The highest BCUT2D eigenvalue weighted by Crippen LogP contribution is 2.38. The fraction of sp³-hybridized carbons (Fsp3) is 0.312. The second kappa shape index (κ2) is 5.42. The summed E-state index contributed by atoms with van der Waals surface area (Å²) in [5.41, 5.74) is 2.38. The lowest BCUT2D eigenvalue weighted by Crippen LogP contribution is -2.00. The van der Waals surface area contributed by atoms with E-state index >= 15 is 0 Å². The SMILES string of the molecule is COc1ccc(OC)c(Nc2ncnc3c2ncn3C2CC2)c1. The first-order valence-electron chi connectivity index (χ1n) is 7.46. The molecule has 0 spiro atoms. The standard InChI is InChI=1S/C16H17N5O2/c1-22-11-5-6-13(23-2)12(7-11)20-15-14-16(18-8-17-15)21(9-19-14)10-3-4-10/h5-10H,3-4H2,1-2H3,(H,17,18,20). The zero-order chi connectivity index (χ0) is 15.8. The predicted molar refractivity (Wildman–Crippen MR) is 86.4 cm³/mol. The summed E-state index contributed by atoms with van der Waals surface area (Å²) in [6.45, 7) is 0. The van der Waals surface area contributed by atoms with Crippen LogP contribution < -0.4 is 14.8 Å². The van der Waals surface area contributed by atoms with E-state index in [2.05, 4.69) is 24.8 Å². The Kier molecular flexibility index (Phi) is 3.25. The van der Waals surface area contributed by atoms with Crippen LogP contribution in [0.2, 0.25) is 0 Å². The van der Waals surface area contributed by atoms with E-state index in [0.29, 0.717) is 17.6 Å². The van der Waals surface area contributed by atoms with Crippen LogP contribution >= 0.6 is 0 Å². The van der Waals surface area contributed by atoms with Gasteiger partial charge in [0.25, 0.3) is 0 Å². The molecule has 0 atom stereocenters. The van der Waals surface area contributed by atoms with Crippen LogP contribution in [0.3, 0.4) is 0 Å². The van der Waals surface area contributed by atoms with Crippen molar-refractivity contribution < 1.29 is 9.47 Å². The zero-order valence-corrected chi connectivity index (χ0v) is 13.0. The summed E-state index contributed by atoms with van der Waals surface area (Å²) in [6, 6.07) is 6.09. The van der Waals surface area contributed by atoms with Crippen LogP contribution in [0.5, 0.6) is 11.5 Å². The van der Waals surface area contributed by atoms with Gasteiger partial charge in [-0.2, -0.15) is 0 Å². The van der Waals surface area contributed by atoms with Crippen LogP contribution in [0.15, 0.2) is 30.9 Å². The van der Waals surface area contributed by atoms with E-state index < -0.39 is 0 Å². The van der Waals surface area contributed by atoms with Crippen LogP contribution in [-0.4, -0.2) is 33.7 Å². The molecule has 2 heterocycles. The molecule has 0 radical (unpaired) electrons. The number of nitrogens with zero attached hydrogens (tertiary/aromatic N) is 4. The van der Waals surface area contributed by atoms with Crippen molar-refractivity contribution in [2.24, 2.45) is 0 Å². The summed E-state index contributed by atoms with van der Waals surface area (Å²) >= 11 is 0. The maximum Gasteiger partial charge on any atom is 0.165 e. The van der Waals surface area contributed by atoms with Crippen molar-refractivity contribution in [2.75, 3.05) is 19.5 Å². The van der Waals surface area contributed by atoms with Crippen molar-refractivity contribution in [3.05, 3.63) is 30.9 Å². The molecule has 7 nitrogen and oxygen atoms in total. The Balaban J connectivity index is 1.75. The van der Waals surface area contributed by atoms with E-state index in [1.165, 1.54) is 12.8 Å². The summed E-state index contributed by atoms with van der Waals surface area (Å²) in [7, 11) is 3.26. The Bertz CT molecular complexity index is 857. The van der Waals surface area contributed by atoms with Crippen molar-refractivity contribution in [3.8, 4) is 11.5 Å². The average Bonchev–Trinajstić information content (AvgIpc) is 3.34. The Morgan fingerprint density at radius 2 is 2.00 bits per heavy atom. The molecular weight excluding hydrogens is 294 g/mol. The number of methoxy groups -OCH3 is 2. The Morgan fingerprint density at radius 1 is 1.13 bits per heavy atom. The molecule has 1 fully saturated rings. The van der Waals surface area contributed by atoms with Crippen molar-refractivity contribution in [2.45, 2.75) is 18.9 Å². The first kappa shape index (κ1) is 13.8. The lowest BCUT2D eigenvalue weighted by Gasteiger charge is -2.12. The highest BCUT2D eigenvalue weighted by Gasteiger charge is 2.26. The van der Waals surface area contributed by atoms with Crippen molar-refractivity contribution in [1.82, 2.24) is 19.5 Å². The lowest BCUT2D eigenvalue weighted by molar-refractivity contribution is 0.405. The second-order valence-corrected chi connectivity index (χ2v) is 5.47. The molecule has 1 N–H and O–H groups in total. The molecule has 0 bridgehead atoms. The number of hydrogen-bond donors (Lipinski definition) is 1. The van der Waals surface area contributed by atoms with E-state index in [4.69, 9.17) is 9.47 Å². The molecule has 1 aliphatic rings. The van der Waals surface area contributed by atoms with Crippen LogP contribution in [-0.2, 0) is 0 Å². The molecule has 1 aromatic carbocycles. The topological polar surface area (TPSA) is 74.1 Å². The Labute approximate surface area is 133 Å². The number of imidazole rings is 1. The smallest absolute Gasteiger partial charge is 0.165 e. The zero-order valence-electron chi connectivity index (χ0n) is 13.0. The van der Waals surface area contributed by atoms with Gasteiger partial charge in [-0.05, 0) is 25.0 Å². The van der Waals surface area contributed by atoms with E-state index in [1.54, 1.807) is 20.5 Å². The van der Waals surface area contributed by atoms with Gasteiger partial charge in [-0.15, -0.1) is 0 Å². The van der Waals surface area contributed by atoms with Gasteiger partial charge in [0.1, 0.15) is 17.8 Å². The third-order valence-electron chi connectivity index (χ3n) is 3.96. The van der Waals surface area contributed by atoms with Gasteiger partial charge in [-0.3, -0.25) is 0 Å². The van der Waals surface area contributed by atoms with Crippen LogP contribution in [0, 0.1) is 0 Å². The van der Waals surface area contributed by atoms with Crippen molar-refractivity contribution in [3.63, 3.8) is 0 Å². The molecule has 1 saturated carbocycles. The highest BCUT2D eigenvalue weighted by atomic mass is 16.5. The molecule has 4 rings (SSSR count). The van der Waals surface area contributed by atoms with Crippen LogP contribution in [0.1, 0.15) is 18.9 Å². The summed E-state index contributed by atoms with van der Waals surface area (Å²) in [5.74, 6) is 2.10. The maximum absolute atomic E-state index is 5.40. The first-order valence-corrected chi connectivity index (χ1v) is 7.46. The lowest BCUT2D eigenvalue weighted by atomic mass is 10.2. The van der Waals surface area contributed by atoms with Crippen LogP contribution in [0.4, 0.5) is 11.5 Å². The highest BCUT2D eigenvalue weighted by molar-refractivity contribution is 5.86. The minimum absolute atomic E-state index is 0.522. The molecule has 2 aromatic heterocycles. The Morgan fingerprint density at radius 3 is 2.74 bits per heavy atom. The molecule has 0 aliphatic heterocycles. The normalized spacial score (nSPS) is 14.0. The van der Waals surface area contributed by atoms with Crippen molar-refractivity contribution >= 4 is 22.7 Å². The fourth-order valence-electron chi connectivity index (χ4n) is 2.60.